The van der Waals surface area contributed by atoms with E-state index in [2.05, 4.69) is 21.3 Å². The van der Waals surface area contributed by atoms with Crippen molar-refractivity contribution < 1.29 is 33.9 Å². The van der Waals surface area contributed by atoms with E-state index in [1.807, 2.05) is 56.3 Å². The van der Waals surface area contributed by atoms with Crippen molar-refractivity contribution in [1.82, 2.24) is 21.3 Å². The van der Waals surface area contributed by atoms with Crippen LogP contribution in [0.5, 0.6) is 0 Å². The summed E-state index contributed by atoms with van der Waals surface area (Å²) in [7, 11) is 0. The smallest absolute Gasteiger partial charge is 0.405 e. The predicted molar refractivity (Wildman–Crippen MR) is 160 cm³/mol. The van der Waals surface area contributed by atoms with Crippen molar-refractivity contribution >= 4 is 46.3 Å². The summed E-state index contributed by atoms with van der Waals surface area (Å²) in [5, 5.41) is 21.0. The molecule has 0 bridgehead atoms. The molecule has 0 saturated heterocycles. The minimum absolute atomic E-state index is 0.0256. The number of nitrogens with two attached hydrogens (primary N) is 1. The number of fused-ring (bicyclic) bond motifs is 1. The SMILES string of the molecule is CC[C@H](C)C(NC(=O)[C@H](CC(C)C)NC(=O)O)C(=O)C(=O)NC1(C(=O)NC(Cc2ccc3ccccc3c2)C(N)=O)CC1. The van der Waals surface area contributed by atoms with Crippen LogP contribution in [0.25, 0.3) is 10.8 Å². The molecule has 43 heavy (non-hydrogen) atoms. The molecule has 7 N–H and O–H groups in total. The Kier molecular flexibility index (Phi) is 10.8. The molecule has 2 aromatic carbocycles. The Morgan fingerprint density at radius 1 is 0.907 bits per heavy atom. The topological polar surface area (TPSA) is 197 Å². The molecule has 2 aromatic rings. The van der Waals surface area contributed by atoms with Crippen molar-refractivity contribution in [3.63, 3.8) is 0 Å². The first-order valence-electron chi connectivity index (χ1n) is 14.5. The molecule has 2 unspecified atom stereocenters. The first kappa shape index (κ1) is 33.0. The molecule has 12 nitrogen and oxygen atoms in total. The van der Waals surface area contributed by atoms with Gasteiger partial charge in [0.05, 0.1) is 6.04 Å². The third-order valence-corrected chi connectivity index (χ3v) is 7.78. The number of benzene rings is 2. The zero-order valence-corrected chi connectivity index (χ0v) is 24.9. The molecule has 0 radical (unpaired) electrons. The van der Waals surface area contributed by atoms with Crippen LogP contribution in [0.1, 0.15) is 58.9 Å². The Morgan fingerprint density at radius 3 is 2.12 bits per heavy atom. The number of ketones is 1. The molecule has 1 aliphatic carbocycles. The fourth-order valence-corrected chi connectivity index (χ4v) is 4.88. The van der Waals surface area contributed by atoms with Gasteiger partial charge in [-0.15, -0.1) is 0 Å². The Bertz CT molecular complexity index is 1390. The predicted octanol–water partition coefficient (Wildman–Crippen LogP) is 1.78. The Hall–Kier alpha value is -4.48. The van der Waals surface area contributed by atoms with Crippen molar-refractivity contribution in [1.29, 1.82) is 0 Å². The third kappa shape index (κ3) is 8.76. The number of primary amides is 1. The molecular formula is C31H41N5O7. The van der Waals surface area contributed by atoms with Gasteiger partial charge in [-0.2, -0.15) is 0 Å². The average molecular weight is 596 g/mol. The van der Waals surface area contributed by atoms with Gasteiger partial charge in [-0.05, 0) is 47.4 Å². The van der Waals surface area contributed by atoms with E-state index in [9.17, 15) is 28.8 Å². The number of hydrogen-bond donors (Lipinski definition) is 6. The maximum atomic E-state index is 13.3. The summed E-state index contributed by atoms with van der Waals surface area (Å²) in [6, 6.07) is 9.97. The molecule has 0 aromatic heterocycles. The quantitative estimate of drug-likeness (QED) is 0.169. The lowest BCUT2D eigenvalue weighted by molar-refractivity contribution is -0.143. The molecular weight excluding hydrogens is 554 g/mol. The molecule has 0 spiro atoms. The van der Waals surface area contributed by atoms with Crippen molar-refractivity contribution in [2.75, 3.05) is 0 Å². The van der Waals surface area contributed by atoms with E-state index < -0.39 is 65.1 Å². The molecule has 1 saturated carbocycles. The van der Waals surface area contributed by atoms with Crippen LogP contribution in [0, 0.1) is 11.8 Å². The molecule has 1 aliphatic rings. The van der Waals surface area contributed by atoms with Gasteiger partial charge in [0, 0.05) is 6.42 Å². The van der Waals surface area contributed by atoms with Crippen LogP contribution in [0.4, 0.5) is 4.79 Å². The number of Topliss-reactive ketones (excluding diaryl/α,β-unsaturated/α-hetero) is 1. The van der Waals surface area contributed by atoms with E-state index >= 15 is 0 Å². The highest BCUT2D eigenvalue weighted by atomic mass is 16.4. The molecule has 3 rings (SSSR count). The Balaban J connectivity index is 1.69. The second-order valence-electron chi connectivity index (χ2n) is 11.7. The monoisotopic (exact) mass is 595 g/mol. The summed E-state index contributed by atoms with van der Waals surface area (Å²) in [6.07, 6.45) is -0.126. The van der Waals surface area contributed by atoms with Crippen LogP contribution in [0.3, 0.4) is 0 Å². The van der Waals surface area contributed by atoms with Crippen LogP contribution in [-0.4, -0.2) is 64.3 Å². The van der Waals surface area contributed by atoms with Gasteiger partial charge in [-0.3, -0.25) is 24.0 Å². The van der Waals surface area contributed by atoms with Crippen molar-refractivity contribution in [3.05, 3.63) is 48.0 Å². The number of carbonyl (C=O) groups is 6. The zero-order valence-electron chi connectivity index (χ0n) is 24.9. The van der Waals surface area contributed by atoms with Gasteiger partial charge in [0.1, 0.15) is 17.6 Å². The van der Waals surface area contributed by atoms with Gasteiger partial charge < -0.3 is 32.1 Å². The summed E-state index contributed by atoms with van der Waals surface area (Å²) in [4.78, 5) is 76.1. The number of hydrogen-bond acceptors (Lipinski definition) is 6. The molecule has 0 aliphatic heterocycles. The van der Waals surface area contributed by atoms with Crippen molar-refractivity contribution in [2.24, 2.45) is 17.6 Å². The van der Waals surface area contributed by atoms with E-state index in [1.54, 1.807) is 13.8 Å². The number of nitrogens with one attached hydrogen (secondary N) is 4. The van der Waals surface area contributed by atoms with Gasteiger partial charge >= 0.3 is 6.09 Å². The van der Waals surface area contributed by atoms with Crippen LogP contribution < -0.4 is 27.0 Å². The average Bonchev–Trinajstić information content (AvgIpc) is 3.74. The number of carbonyl (C=O) groups excluding carboxylic acids is 5. The highest BCUT2D eigenvalue weighted by molar-refractivity contribution is 6.39. The van der Waals surface area contributed by atoms with Crippen LogP contribution in [0.15, 0.2) is 42.5 Å². The summed E-state index contributed by atoms with van der Waals surface area (Å²) in [5.41, 5.74) is 5.00. The lowest BCUT2D eigenvalue weighted by Crippen LogP contribution is -2.59. The maximum Gasteiger partial charge on any atom is 0.405 e. The molecule has 5 amide bonds. The van der Waals surface area contributed by atoms with E-state index in [0.717, 1.165) is 16.3 Å². The summed E-state index contributed by atoms with van der Waals surface area (Å²) in [5.74, 6) is -4.60. The van der Waals surface area contributed by atoms with Gasteiger partial charge in [0.2, 0.25) is 23.5 Å². The highest BCUT2D eigenvalue weighted by Gasteiger charge is 2.53. The third-order valence-electron chi connectivity index (χ3n) is 7.78. The standard InChI is InChI=1S/C31H41N5O7/c1-5-18(4)24(35-27(39)23(14-17(2)3)34-30(42)43)25(37)28(40)36-31(12-13-31)29(41)33-22(26(32)38)16-19-10-11-20-8-6-7-9-21(20)15-19/h6-11,15,17-18,22-24,34H,5,12-14,16H2,1-4H3,(H2,32,38)(H,33,41)(H,35,39)(H,36,40)(H,42,43)/t18-,22?,23-,24?/m0/s1. The highest BCUT2D eigenvalue weighted by Crippen LogP contribution is 2.36. The minimum atomic E-state index is -1.39. The van der Waals surface area contributed by atoms with Crippen LogP contribution in [-0.2, 0) is 30.4 Å². The van der Waals surface area contributed by atoms with Gasteiger partial charge in [-0.1, -0.05) is 76.6 Å². The van der Waals surface area contributed by atoms with E-state index in [4.69, 9.17) is 10.8 Å². The second kappa shape index (κ2) is 14.1. The fraction of sp³-hybridized carbons (Fsp3) is 0.484. The summed E-state index contributed by atoms with van der Waals surface area (Å²) in [6.45, 7) is 7.10. The normalized spacial score (nSPS) is 16.3. The molecule has 0 heterocycles. The van der Waals surface area contributed by atoms with Crippen LogP contribution in [0.2, 0.25) is 0 Å². The zero-order chi connectivity index (χ0) is 31.9. The Morgan fingerprint density at radius 2 is 1.56 bits per heavy atom. The molecule has 4 atom stereocenters. The molecule has 12 heteroatoms. The van der Waals surface area contributed by atoms with Crippen LogP contribution >= 0.6 is 0 Å². The van der Waals surface area contributed by atoms with Gasteiger partial charge in [-0.25, -0.2) is 4.79 Å². The summed E-state index contributed by atoms with van der Waals surface area (Å²) >= 11 is 0. The van der Waals surface area contributed by atoms with E-state index in [0.29, 0.717) is 6.42 Å². The number of carboxylic acid groups (broad SMARTS) is 1. The Labute approximate surface area is 250 Å². The van der Waals surface area contributed by atoms with Crippen molar-refractivity contribution in [2.45, 2.75) is 83.5 Å². The first-order valence-corrected chi connectivity index (χ1v) is 14.5. The molecule has 232 valence electrons. The minimum Gasteiger partial charge on any atom is -0.465 e. The first-order chi connectivity index (χ1) is 20.3. The summed E-state index contributed by atoms with van der Waals surface area (Å²) < 4.78 is 0. The molecule has 1 fully saturated rings. The number of amides is 5. The maximum absolute atomic E-state index is 13.3. The lowest BCUT2D eigenvalue weighted by atomic mass is 9.93. The van der Waals surface area contributed by atoms with Gasteiger partial charge in [0.15, 0.2) is 0 Å². The van der Waals surface area contributed by atoms with E-state index in [1.165, 1.54) is 0 Å². The second-order valence-corrected chi connectivity index (χ2v) is 11.7. The number of rotatable bonds is 15. The largest absolute Gasteiger partial charge is 0.465 e. The van der Waals surface area contributed by atoms with Crippen molar-refractivity contribution in [3.8, 4) is 0 Å². The van der Waals surface area contributed by atoms with E-state index in [-0.39, 0.29) is 31.6 Å². The fourth-order valence-electron chi connectivity index (χ4n) is 4.88. The van der Waals surface area contributed by atoms with Gasteiger partial charge in [0.25, 0.3) is 5.91 Å². The lowest BCUT2D eigenvalue weighted by Gasteiger charge is -2.27.